The molecule has 1 amide bonds. The summed E-state index contributed by atoms with van der Waals surface area (Å²) in [6.45, 7) is 0.586. The third-order valence-electron chi connectivity index (χ3n) is 2.17. The lowest BCUT2D eigenvalue weighted by Gasteiger charge is -2.12. The van der Waals surface area contributed by atoms with E-state index in [4.69, 9.17) is 11.6 Å². The van der Waals surface area contributed by atoms with Crippen LogP contribution in [0.15, 0.2) is 18.2 Å². The zero-order valence-electron chi connectivity index (χ0n) is 9.33. The van der Waals surface area contributed by atoms with Crippen molar-refractivity contribution in [1.82, 2.24) is 10.2 Å². The molecule has 1 aromatic rings. The molecule has 0 aliphatic rings. The van der Waals surface area contributed by atoms with Crippen LogP contribution in [0.25, 0.3) is 0 Å². The molecular formula is C11H15ClN2O2. The molecule has 0 aromatic heterocycles. The Balaban J connectivity index is 2.52. The highest BCUT2D eigenvalue weighted by atomic mass is 35.5. The Kier molecular flexibility index (Phi) is 4.58. The Morgan fingerprint density at radius 1 is 1.50 bits per heavy atom. The summed E-state index contributed by atoms with van der Waals surface area (Å²) in [5.74, 6) is 0.115. The van der Waals surface area contributed by atoms with Gasteiger partial charge in [-0.1, -0.05) is 17.7 Å². The second-order valence-electron chi connectivity index (χ2n) is 3.63. The summed E-state index contributed by atoms with van der Waals surface area (Å²) in [6.07, 6.45) is 0. The van der Waals surface area contributed by atoms with Gasteiger partial charge >= 0.3 is 0 Å². The van der Waals surface area contributed by atoms with E-state index in [2.05, 4.69) is 5.32 Å². The number of nitrogens with one attached hydrogen (secondary N) is 1. The van der Waals surface area contributed by atoms with Crippen molar-refractivity contribution < 1.29 is 9.90 Å². The van der Waals surface area contributed by atoms with Crippen LogP contribution >= 0.6 is 11.6 Å². The van der Waals surface area contributed by atoms with Crippen LogP contribution in [0.1, 0.15) is 5.56 Å². The van der Waals surface area contributed by atoms with Gasteiger partial charge in [0.05, 0.1) is 6.54 Å². The molecule has 5 heteroatoms. The highest BCUT2D eigenvalue weighted by molar-refractivity contribution is 6.31. The molecule has 16 heavy (non-hydrogen) atoms. The maximum atomic E-state index is 11.3. The molecule has 0 atom stereocenters. The number of benzene rings is 1. The van der Waals surface area contributed by atoms with Crippen molar-refractivity contribution in [2.75, 3.05) is 20.6 Å². The Bertz CT molecular complexity index is 360. The van der Waals surface area contributed by atoms with Gasteiger partial charge in [0.1, 0.15) is 5.75 Å². The van der Waals surface area contributed by atoms with Crippen molar-refractivity contribution in [3.8, 4) is 5.75 Å². The van der Waals surface area contributed by atoms with Crippen LogP contribution in [0.5, 0.6) is 5.75 Å². The first kappa shape index (κ1) is 12.8. The quantitative estimate of drug-likeness (QED) is 0.835. The molecule has 0 aliphatic heterocycles. The summed E-state index contributed by atoms with van der Waals surface area (Å²) in [5, 5.41) is 13.0. The van der Waals surface area contributed by atoms with Crippen molar-refractivity contribution in [3.05, 3.63) is 28.8 Å². The van der Waals surface area contributed by atoms with Crippen LogP contribution in [-0.4, -0.2) is 36.6 Å². The number of aromatic hydroxyl groups is 1. The van der Waals surface area contributed by atoms with E-state index < -0.39 is 0 Å². The van der Waals surface area contributed by atoms with E-state index in [1.165, 1.54) is 4.90 Å². The van der Waals surface area contributed by atoms with E-state index in [9.17, 15) is 9.90 Å². The van der Waals surface area contributed by atoms with Crippen molar-refractivity contribution in [2.24, 2.45) is 0 Å². The first-order valence-electron chi connectivity index (χ1n) is 4.89. The Morgan fingerprint density at radius 3 is 2.75 bits per heavy atom. The monoisotopic (exact) mass is 242 g/mol. The third-order valence-corrected chi connectivity index (χ3v) is 2.53. The largest absolute Gasteiger partial charge is 0.508 e. The van der Waals surface area contributed by atoms with Crippen LogP contribution in [0.3, 0.4) is 0 Å². The number of phenolic OH excluding ortho intramolecular Hbond substituents is 1. The fourth-order valence-electron chi connectivity index (χ4n) is 1.17. The van der Waals surface area contributed by atoms with E-state index in [1.54, 1.807) is 32.3 Å². The van der Waals surface area contributed by atoms with Gasteiger partial charge in [0.25, 0.3) is 0 Å². The summed E-state index contributed by atoms with van der Waals surface area (Å²) in [7, 11) is 3.38. The summed E-state index contributed by atoms with van der Waals surface area (Å²) >= 11 is 5.91. The number of rotatable bonds is 4. The minimum absolute atomic E-state index is 0.0217. The lowest BCUT2D eigenvalue weighted by atomic mass is 10.2. The van der Waals surface area contributed by atoms with Crippen molar-refractivity contribution in [3.63, 3.8) is 0 Å². The highest BCUT2D eigenvalue weighted by Crippen LogP contribution is 2.24. The molecule has 0 bridgehead atoms. The predicted octanol–water partition coefficient (Wildman–Crippen LogP) is 1.22. The lowest BCUT2D eigenvalue weighted by Crippen LogP contribution is -2.32. The van der Waals surface area contributed by atoms with Crippen LogP contribution in [-0.2, 0) is 11.3 Å². The number of amides is 1. The third kappa shape index (κ3) is 3.40. The normalized spacial score (nSPS) is 10.2. The van der Waals surface area contributed by atoms with Gasteiger partial charge in [-0.2, -0.15) is 0 Å². The maximum Gasteiger partial charge on any atom is 0.236 e. The van der Waals surface area contributed by atoms with E-state index in [0.29, 0.717) is 17.1 Å². The lowest BCUT2D eigenvalue weighted by molar-refractivity contribution is -0.127. The van der Waals surface area contributed by atoms with Gasteiger partial charge in [0.2, 0.25) is 5.91 Å². The molecule has 0 spiro atoms. The Morgan fingerprint density at radius 2 is 2.19 bits per heavy atom. The molecule has 0 saturated heterocycles. The zero-order valence-corrected chi connectivity index (χ0v) is 10.1. The highest BCUT2D eigenvalue weighted by Gasteiger charge is 2.07. The van der Waals surface area contributed by atoms with Gasteiger partial charge in [0.15, 0.2) is 0 Å². The molecule has 1 rings (SSSR count). The molecule has 0 radical (unpaired) electrons. The molecular weight excluding hydrogens is 228 g/mol. The second-order valence-corrected chi connectivity index (χ2v) is 4.04. The van der Waals surface area contributed by atoms with Gasteiger partial charge in [0, 0.05) is 31.2 Å². The summed E-state index contributed by atoms with van der Waals surface area (Å²) in [6, 6.07) is 4.94. The minimum Gasteiger partial charge on any atom is -0.508 e. The first-order valence-corrected chi connectivity index (χ1v) is 5.27. The van der Waals surface area contributed by atoms with Gasteiger partial charge in [-0.3, -0.25) is 4.79 Å². The van der Waals surface area contributed by atoms with Gasteiger partial charge in [-0.25, -0.2) is 0 Å². The molecule has 0 saturated carbocycles. The predicted molar refractivity (Wildman–Crippen MR) is 63.5 cm³/mol. The van der Waals surface area contributed by atoms with Gasteiger partial charge < -0.3 is 15.3 Å². The number of carbonyl (C=O) groups excluding carboxylic acids is 1. The number of hydrogen-bond acceptors (Lipinski definition) is 3. The van der Waals surface area contributed by atoms with Crippen LogP contribution < -0.4 is 5.32 Å². The smallest absolute Gasteiger partial charge is 0.236 e. The van der Waals surface area contributed by atoms with Crippen molar-refractivity contribution in [2.45, 2.75) is 6.54 Å². The van der Waals surface area contributed by atoms with Crippen LogP contribution in [0, 0.1) is 0 Å². The van der Waals surface area contributed by atoms with E-state index >= 15 is 0 Å². The molecule has 2 N–H and O–H groups in total. The van der Waals surface area contributed by atoms with Crippen LogP contribution in [0.2, 0.25) is 5.02 Å². The van der Waals surface area contributed by atoms with Crippen molar-refractivity contribution in [1.29, 1.82) is 0 Å². The van der Waals surface area contributed by atoms with Crippen molar-refractivity contribution >= 4 is 17.5 Å². The molecule has 0 aliphatic carbocycles. The number of hydrogen-bond donors (Lipinski definition) is 2. The topological polar surface area (TPSA) is 52.6 Å². The Labute approximate surface area is 99.8 Å². The minimum atomic E-state index is -0.0217. The van der Waals surface area contributed by atoms with E-state index in [0.717, 1.165) is 0 Å². The summed E-state index contributed by atoms with van der Waals surface area (Å²) in [4.78, 5) is 12.8. The van der Waals surface area contributed by atoms with Gasteiger partial charge in [-0.05, 0) is 12.1 Å². The number of halogens is 1. The SMILES string of the molecule is CN(C)C(=O)CNCc1c(O)cccc1Cl. The van der Waals surface area contributed by atoms with E-state index in [1.807, 2.05) is 0 Å². The number of phenols is 1. The Hall–Kier alpha value is -1.26. The number of likely N-dealkylation sites (N-methyl/N-ethyl adjacent to an activating group) is 1. The van der Waals surface area contributed by atoms with Gasteiger partial charge in [-0.15, -0.1) is 0 Å². The zero-order chi connectivity index (χ0) is 12.1. The standard InChI is InChI=1S/C11H15ClN2O2/c1-14(2)11(16)7-13-6-8-9(12)4-3-5-10(8)15/h3-5,13,15H,6-7H2,1-2H3. The number of carbonyl (C=O) groups is 1. The van der Waals surface area contributed by atoms with E-state index in [-0.39, 0.29) is 18.2 Å². The average molecular weight is 243 g/mol. The molecule has 1 aromatic carbocycles. The molecule has 0 unspecified atom stereocenters. The molecule has 0 fully saturated rings. The average Bonchev–Trinajstić information content (AvgIpc) is 2.22. The number of nitrogens with zero attached hydrogens (tertiary/aromatic N) is 1. The fourth-order valence-corrected chi connectivity index (χ4v) is 1.41. The summed E-state index contributed by atoms with van der Waals surface area (Å²) in [5.41, 5.74) is 0.607. The molecule has 4 nitrogen and oxygen atoms in total. The second kappa shape index (κ2) is 5.72. The fraction of sp³-hybridized carbons (Fsp3) is 0.364. The molecule has 88 valence electrons. The maximum absolute atomic E-state index is 11.3. The molecule has 0 heterocycles. The first-order chi connectivity index (χ1) is 7.52. The summed E-state index contributed by atoms with van der Waals surface area (Å²) < 4.78 is 0. The van der Waals surface area contributed by atoms with Crippen LogP contribution in [0.4, 0.5) is 0 Å².